The highest BCUT2D eigenvalue weighted by atomic mass is 28.2. The lowest BCUT2D eigenvalue weighted by Gasteiger charge is -2.01. The average Bonchev–Trinajstić information content (AvgIpc) is 1.35. The van der Waals surface area contributed by atoms with Gasteiger partial charge >= 0.3 is 0 Å². The summed E-state index contributed by atoms with van der Waals surface area (Å²) in [6.07, 6.45) is 0.322. The Bertz CT molecular complexity index is 32.0. The third kappa shape index (κ3) is 4.14. The largest absolute Gasteiger partial charge is 0.307 e. The fraction of sp³-hybridized carbons (Fsp3) is 1.00. The number of hydrogen-bond donors (Lipinski definition) is 1. The minimum atomic E-state index is 0.322. The first-order valence-corrected chi connectivity index (χ1v) is 3.09. The van der Waals surface area contributed by atoms with Crippen LogP contribution in [-0.2, 0) is 4.84 Å². The maximum atomic E-state index is 4.85. The van der Waals surface area contributed by atoms with Crippen molar-refractivity contribution in [2.45, 2.75) is 20.0 Å². The van der Waals surface area contributed by atoms with Gasteiger partial charge in [0.2, 0.25) is 0 Å². The van der Waals surface area contributed by atoms with Gasteiger partial charge in [-0.15, -0.1) is 0 Å². The molecule has 0 saturated heterocycles. The molecular formula is C3H11NOSi. The SMILES string of the molecule is CC(C)ON[SiH3]. The Morgan fingerprint density at radius 3 is 2.17 bits per heavy atom. The number of nitrogens with one attached hydrogen (secondary N) is 1. The van der Waals surface area contributed by atoms with Crippen molar-refractivity contribution < 1.29 is 4.84 Å². The Labute approximate surface area is 41.3 Å². The van der Waals surface area contributed by atoms with Crippen LogP contribution in [0.1, 0.15) is 13.8 Å². The molecule has 6 heavy (non-hydrogen) atoms. The lowest BCUT2D eigenvalue weighted by atomic mass is 10.5. The van der Waals surface area contributed by atoms with E-state index in [4.69, 9.17) is 4.84 Å². The summed E-state index contributed by atoms with van der Waals surface area (Å²) < 4.78 is 0. The Morgan fingerprint density at radius 2 is 2.17 bits per heavy atom. The van der Waals surface area contributed by atoms with Crippen LogP contribution in [0, 0.1) is 0 Å². The van der Waals surface area contributed by atoms with E-state index in [2.05, 4.69) is 5.15 Å². The van der Waals surface area contributed by atoms with Gasteiger partial charge in [-0.25, -0.2) is 5.15 Å². The van der Waals surface area contributed by atoms with Crippen molar-refractivity contribution in [1.82, 2.24) is 5.15 Å². The molecule has 0 radical (unpaired) electrons. The molecule has 0 aliphatic rings. The first-order valence-electron chi connectivity index (χ1n) is 2.09. The van der Waals surface area contributed by atoms with E-state index >= 15 is 0 Å². The molecule has 0 spiro atoms. The summed E-state index contributed by atoms with van der Waals surface area (Å²) in [5.74, 6) is 0. The molecule has 0 unspecified atom stereocenters. The second-order valence-electron chi connectivity index (χ2n) is 1.37. The summed E-state index contributed by atoms with van der Waals surface area (Å²) in [5.41, 5.74) is 0. The number of rotatable bonds is 2. The Kier molecular flexibility index (Phi) is 3.41. The van der Waals surface area contributed by atoms with Gasteiger partial charge in [-0.3, -0.25) is 0 Å². The summed E-state index contributed by atoms with van der Waals surface area (Å²) >= 11 is 0. The van der Waals surface area contributed by atoms with Crippen LogP contribution in [0.5, 0.6) is 0 Å². The third-order valence-corrected chi connectivity index (χ3v) is 0.589. The molecule has 0 aromatic carbocycles. The number of hydrogen-bond acceptors (Lipinski definition) is 2. The fourth-order valence-electron chi connectivity index (χ4n) is 0.236. The van der Waals surface area contributed by atoms with Crippen LogP contribution in [0.15, 0.2) is 0 Å². The molecule has 0 bridgehead atoms. The lowest BCUT2D eigenvalue weighted by molar-refractivity contribution is 0.0420. The maximum absolute atomic E-state index is 4.85. The maximum Gasteiger partial charge on any atom is 0.109 e. The van der Waals surface area contributed by atoms with Crippen LogP contribution in [0.25, 0.3) is 0 Å². The van der Waals surface area contributed by atoms with Crippen LogP contribution >= 0.6 is 0 Å². The molecule has 38 valence electrons. The van der Waals surface area contributed by atoms with E-state index in [0.717, 1.165) is 10.4 Å². The van der Waals surface area contributed by atoms with E-state index in [0.29, 0.717) is 6.10 Å². The van der Waals surface area contributed by atoms with Crippen molar-refractivity contribution >= 4 is 10.4 Å². The van der Waals surface area contributed by atoms with Crippen molar-refractivity contribution in [3.8, 4) is 0 Å². The normalized spacial score (nSPS) is 10.5. The zero-order chi connectivity index (χ0) is 4.99. The quantitative estimate of drug-likeness (QED) is 0.366. The standard InChI is InChI=1S/C3H11NOSi/c1-3(2)5-4-6/h3-4H,1-2,6H3. The molecular weight excluding hydrogens is 94.1 g/mol. The Morgan fingerprint density at radius 1 is 1.67 bits per heavy atom. The highest BCUT2D eigenvalue weighted by molar-refractivity contribution is 6.03. The lowest BCUT2D eigenvalue weighted by Crippen LogP contribution is -2.15. The summed E-state index contributed by atoms with van der Waals surface area (Å²) in [5, 5.41) is 2.71. The van der Waals surface area contributed by atoms with E-state index in [-0.39, 0.29) is 0 Å². The van der Waals surface area contributed by atoms with Crippen LogP contribution in [0.3, 0.4) is 0 Å². The summed E-state index contributed by atoms with van der Waals surface area (Å²) in [6, 6.07) is 0. The van der Waals surface area contributed by atoms with Crippen LogP contribution in [-0.4, -0.2) is 16.5 Å². The smallest absolute Gasteiger partial charge is 0.109 e. The zero-order valence-corrected chi connectivity index (χ0v) is 6.49. The highest BCUT2D eigenvalue weighted by Crippen LogP contribution is 1.77. The molecule has 3 heteroatoms. The monoisotopic (exact) mass is 105 g/mol. The molecule has 0 amide bonds. The van der Waals surface area contributed by atoms with Crippen molar-refractivity contribution in [3.05, 3.63) is 0 Å². The molecule has 0 fully saturated rings. The van der Waals surface area contributed by atoms with Crippen molar-refractivity contribution in [2.24, 2.45) is 0 Å². The van der Waals surface area contributed by atoms with Gasteiger partial charge in [-0.2, -0.15) is 0 Å². The summed E-state index contributed by atoms with van der Waals surface area (Å²) in [6.45, 7) is 3.98. The predicted octanol–water partition coefficient (Wildman–Crippen LogP) is -0.804. The van der Waals surface area contributed by atoms with E-state index in [1.54, 1.807) is 0 Å². The molecule has 1 N–H and O–H groups in total. The molecule has 0 saturated carbocycles. The van der Waals surface area contributed by atoms with Crippen LogP contribution in [0.2, 0.25) is 0 Å². The van der Waals surface area contributed by atoms with Gasteiger partial charge in [0.05, 0.1) is 6.10 Å². The minimum Gasteiger partial charge on any atom is -0.307 e. The zero-order valence-electron chi connectivity index (χ0n) is 4.49. The van der Waals surface area contributed by atoms with E-state index in [9.17, 15) is 0 Å². The highest BCUT2D eigenvalue weighted by Gasteiger charge is 1.83. The summed E-state index contributed by atoms with van der Waals surface area (Å²) in [4.78, 5) is 4.85. The third-order valence-electron chi connectivity index (χ3n) is 0.354. The fourth-order valence-corrected chi connectivity index (χ4v) is 0.707. The van der Waals surface area contributed by atoms with E-state index < -0.39 is 0 Å². The molecule has 0 aliphatic heterocycles. The van der Waals surface area contributed by atoms with Gasteiger partial charge in [0, 0.05) is 0 Å². The second kappa shape index (κ2) is 3.33. The molecule has 0 aliphatic carbocycles. The van der Waals surface area contributed by atoms with Gasteiger partial charge < -0.3 is 4.84 Å². The molecule has 0 rings (SSSR count). The molecule has 0 aromatic rings. The molecule has 0 atom stereocenters. The minimum absolute atomic E-state index is 0.322. The van der Waals surface area contributed by atoms with Gasteiger partial charge in [-0.05, 0) is 13.8 Å². The predicted molar refractivity (Wildman–Crippen MR) is 29.3 cm³/mol. The van der Waals surface area contributed by atoms with Crippen molar-refractivity contribution in [1.29, 1.82) is 0 Å². The first-order chi connectivity index (χ1) is 2.77. The molecule has 0 aromatic heterocycles. The first kappa shape index (κ1) is 6.14. The van der Waals surface area contributed by atoms with Gasteiger partial charge in [-0.1, -0.05) is 0 Å². The van der Waals surface area contributed by atoms with Crippen LogP contribution < -0.4 is 5.15 Å². The Hall–Kier alpha value is 0.137. The van der Waals surface area contributed by atoms with E-state index in [1.165, 1.54) is 0 Å². The van der Waals surface area contributed by atoms with Crippen LogP contribution in [0.4, 0.5) is 0 Å². The second-order valence-corrected chi connectivity index (χ2v) is 1.78. The Balaban J connectivity index is 2.63. The molecule has 0 heterocycles. The average molecular weight is 105 g/mol. The van der Waals surface area contributed by atoms with E-state index in [1.807, 2.05) is 13.8 Å². The van der Waals surface area contributed by atoms with Gasteiger partial charge in [0.25, 0.3) is 0 Å². The topological polar surface area (TPSA) is 21.3 Å². The summed E-state index contributed by atoms with van der Waals surface area (Å²) in [7, 11) is 0.915. The van der Waals surface area contributed by atoms with Crippen molar-refractivity contribution in [3.63, 3.8) is 0 Å². The van der Waals surface area contributed by atoms with Crippen molar-refractivity contribution in [2.75, 3.05) is 0 Å². The van der Waals surface area contributed by atoms with Gasteiger partial charge in [0.15, 0.2) is 0 Å². The van der Waals surface area contributed by atoms with Gasteiger partial charge in [0.1, 0.15) is 10.4 Å². The molecule has 2 nitrogen and oxygen atoms in total.